The van der Waals surface area contributed by atoms with Crippen LogP contribution in [0.4, 0.5) is 0 Å². The number of likely N-dealkylation sites (tertiary alicyclic amines) is 1. The minimum Gasteiger partial charge on any atom is -0.393 e. The summed E-state index contributed by atoms with van der Waals surface area (Å²) in [7, 11) is 0. The molecule has 0 aromatic carbocycles. The zero-order valence-corrected chi connectivity index (χ0v) is 13.4. The number of aliphatic hydroxyl groups excluding tert-OH is 1. The van der Waals surface area contributed by atoms with Crippen molar-refractivity contribution in [3.8, 4) is 0 Å². The van der Waals surface area contributed by atoms with Gasteiger partial charge in [-0.25, -0.2) is 4.98 Å². The van der Waals surface area contributed by atoms with Crippen LogP contribution in [-0.2, 0) is 11.3 Å². The van der Waals surface area contributed by atoms with Gasteiger partial charge in [-0.15, -0.1) is 0 Å². The van der Waals surface area contributed by atoms with E-state index in [4.69, 9.17) is 0 Å². The number of rotatable bonds is 3. The second kappa shape index (κ2) is 6.82. The second-order valence-corrected chi connectivity index (χ2v) is 6.92. The van der Waals surface area contributed by atoms with Gasteiger partial charge in [-0.1, -0.05) is 0 Å². The summed E-state index contributed by atoms with van der Waals surface area (Å²) in [6.07, 6.45) is 9.22. The number of hydrogen-bond donors (Lipinski definition) is 1. The number of hydrogen-bond acceptors (Lipinski definition) is 3. The van der Waals surface area contributed by atoms with Crippen molar-refractivity contribution in [1.82, 2.24) is 14.5 Å². The van der Waals surface area contributed by atoms with Gasteiger partial charge in [0.1, 0.15) is 5.82 Å². The van der Waals surface area contributed by atoms with E-state index < -0.39 is 0 Å². The van der Waals surface area contributed by atoms with E-state index in [2.05, 4.69) is 14.5 Å². The van der Waals surface area contributed by atoms with Gasteiger partial charge in [0.2, 0.25) is 5.91 Å². The number of aryl methyl sites for hydroxylation is 1. The van der Waals surface area contributed by atoms with E-state index in [1.54, 1.807) is 0 Å². The number of amides is 1. The van der Waals surface area contributed by atoms with Gasteiger partial charge in [-0.2, -0.15) is 0 Å². The molecule has 3 rings (SSSR count). The molecule has 0 radical (unpaired) electrons. The predicted octanol–water partition coefficient (Wildman–Crippen LogP) is 1.98. The van der Waals surface area contributed by atoms with Crippen LogP contribution in [0.15, 0.2) is 12.4 Å². The van der Waals surface area contributed by atoms with Gasteiger partial charge >= 0.3 is 0 Å². The molecule has 0 bridgehead atoms. The number of carbonyl (C=O) groups excluding carboxylic acids is 1. The first kappa shape index (κ1) is 15.5. The number of aliphatic hydroxyl groups is 1. The maximum Gasteiger partial charge on any atom is 0.225 e. The standard InChI is InChI=1S/C17H27N3O2/c1-13-18-8-10-19(13)11-14-3-2-9-20(12-14)17(22)15-4-6-16(21)7-5-15/h8,10,14-16,21H,2-7,9,11-12H2,1H3/t14-,15?,16?/m0/s1. The van der Waals surface area contributed by atoms with Crippen LogP contribution >= 0.6 is 0 Å². The first-order valence-electron chi connectivity index (χ1n) is 8.58. The summed E-state index contributed by atoms with van der Waals surface area (Å²) in [5, 5.41) is 9.60. The van der Waals surface area contributed by atoms with E-state index in [9.17, 15) is 9.90 Å². The lowest BCUT2D eigenvalue weighted by Crippen LogP contribution is -2.44. The molecule has 1 aromatic rings. The van der Waals surface area contributed by atoms with E-state index in [0.29, 0.717) is 11.8 Å². The molecule has 0 unspecified atom stereocenters. The molecule has 1 saturated carbocycles. The highest BCUT2D eigenvalue weighted by Crippen LogP contribution is 2.28. The van der Waals surface area contributed by atoms with E-state index in [1.807, 2.05) is 19.3 Å². The SMILES string of the molecule is Cc1nccn1C[C@@H]1CCCN(C(=O)C2CCC(O)CC2)C1. The molecule has 22 heavy (non-hydrogen) atoms. The average Bonchev–Trinajstić information content (AvgIpc) is 2.93. The van der Waals surface area contributed by atoms with Crippen LogP contribution in [0.3, 0.4) is 0 Å². The third kappa shape index (κ3) is 3.51. The fourth-order valence-electron chi connectivity index (χ4n) is 3.87. The normalized spacial score (nSPS) is 29.5. The van der Waals surface area contributed by atoms with Crippen LogP contribution in [0.5, 0.6) is 0 Å². The van der Waals surface area contributed by atoms with Crippen molar-refractivity contribution in [2.24, 2.45) is 11.8 Å². The lowest BCUT2D eigenvalue weighted by molar-refractivity contribution is -0.139. The number of imidazole rings is 1. The smallest absolute Gasteiger partial charge is 0.225 e. The van der Waals surface area contributed by atoms with Crippen LogP contribution in [0.1, 0.15) is 44.3 Å². The minimum absolute atomic E-state index is 0.136. The van der Waals surface area contributed by atoms with Gasteiger partial charge in [0.05, 0.1) is 6.10 Å². The molecule has 2 aliphatic rings. The predicted molar refractivity (Wildman–Crippen MR) is 84.2 cm³/mol. The fraction of sp³-hybridized carbons (Fsp3) is 0.765. The zero-order chi connectivity index (χ0) is 15.5. The van der Waals surface area contributed by atoms with Crippen molar-refractivity contribution in [2.45, 2.75) is 58.1 Å². The van der Waals surface area contributed by atoms with Crippen molar-refractivity contribution < 1.29 is 9.90 Å². The Morgan fingerprint density at radius 3 is 2.77 bits per heavy atom. The van der Waals surface area contributed by atoms with Crippen molar-refractivity contribution in [3.63, 3.8) is 0 Å². The Hall–Kier alpha value is -1.36. The van der Waals surface area contributed by atoms with Gasteiger partial charge < -0.3 is 14.6 Å². The molecular weight excluding hydrogens is 278 g/mol. The average molecular weight is 305 g/mol. The molecule has 5 nitrogen and oxygen atoms in total. The molecule has 5 heteroatoms. The number of nitrogens with zero attached hydrogens (tertiary/aromatic N) is 3. The van der Waals surface area contributed by atoms with Crippen LogP contribution in [0.25, 0.3) is 0 Å². The molecule has 122 valence electrons. The van der Waals surface area contributed by atoms with E-state index in [1.165, 1.54) is 6.42 Å². The largest absolute Gasteiger partial charge is 0.393 e. The van der Waals surface area contributed by atoms with Crippen molar-refractivity contribution >= 4 is 5.91 Å². The van der Waals surface area contributed by atoms with Gasteiger partial charge in [0.15, 0.2) is 0 Å². The lowest BCUT2D eigenvalue weighted by Gasteiger charge is -2.36. The minimum atomic E-state index is -0.192. The van der Waals surface area contributed by atoms with E-state index in [-0.39, 0.29) is 12.0 Å². The fourth-order valence-corrected chi connectivity index (χ4v) is 3.87. The molecule has 1 amide bonds. The summed E-state index contributed by atoms with van der Waals surface area (Å²) in [6, 6.07) is 0. The third-order valence-electron chi connectivity index (χ3n) is 5.26. The summed E-state index contributed by atoms with van der Waals surface area (Å²) in [5.74, 6) is 2.03. The Morgan fingerprint density at radius 1 is 1.32 bits per heavy atom. The molecular formula is C17H27N3O2. The van der Waals surface area contributed by atoms with Crippen LogP contribution in [0.2, 0.25) is 0 Å². The summed E-state index contributed by atoms with van der Waals surface area (Å²) in [5.41, 5.74) is 0. The van der Waals surface area contributed by atoms with E-state index in [0.717, 1.165) is 57.6 Å². The van der Waals surface area contributed by atoms with Gasteiger partial charge in [0.25, 0.3) is 0 Å². The lowest BCUT2D eigenvalue weighted by atomic mass is 9.85. The summed E-state index contributed by atoms with van der Waals surface area (Å²) in [6.45, 7) is 4.75. The highest BCUT2D eigenvalue weighted by molar-refractivity contribution is 5.79. The number of carbonyl (C=O) groups is 1. The van der Waals surface area contributed by atoms with Gasteiger partial charge in [0, 0.05) is 37.9 Å². The maximum atomic E-state index is 12.7. The van der Waals surface area contributed by atoms with Crippen molar-refractivity contribution in [2.75, 3.05) is 13.1 Å². The summed E-state index contributed by atoms with van der Waals surface area (Å²) >= 11 is 0. The molecule has 1 aliphatic heterocycles. The molecule has 2 heterocycles. The Balaban J connectivity index is 1.56. The molecule has 2 fully saturated rings. The molecule has 1 atom stereocenters. The topological polar surface area (TPSA) is 58.4 Å². The molecule has 1 aliphatic carbocycles. The van der Waals surface area contributed by atoms with Crippen molar-refractivity contribution in [1.29, 1.82) is 0 Å². The van der Waals surface area contributed by atoms with E-state index >= 15 is 0 Å². The summed E-state index contributed by atoms with van der Waals surface area (Å²) in [4.78, 5) is 19.0. The Kier molecular flexibility index (Phi) is 4.81. The van der Waals surface area contributed by atoms with Crippen LogP contribution in [-0.4, -0.2) is 44.7 Å². The molecule has 1 aromatic heterocycles. The number of aromatic nitrogens is 2. The van der Waals surface area contributed by atoms with Crippen molar-refractivity contribution in [3.05, 3.63) is 18.2 Å². The molecule has 0 spiro atoms. The highest BCUT2D eigenvalue weighted by Gasteiger charge is 2.31. The monoisotopic (exact) mass is 305 g/mol. The molecule has 1 saturated heterocycles. The van der Waals surface area contributed by atoms with Crippen LogP contribution in [0, 0.1) is 18.8 Å². The number of piperidine rings is 1. The Morgan fingerprint density at radius 2 is 2.09 bits per heavy atom. The highest BCUT2D eigenvalue weighted by atomic mass is 16.3. The maximum absolute atomic E-state index is 12.7. The first-order valence-corrected chi connectivity index (χ1v) is 8.58. The first-order chi connectivity index (χ1) is 10.6. The van der Waals surface area contributed by atoms with Gasteiger partial charge in [-0.3, -0.25) is 4.79 Å². The van der Waals surface area contributed by atoms with Crippen LogP contribution < -0.4 is 0 Å². The second-order valence-electron chi connectivity index (χ2n) is 6.92. The Bertz CT molecular complexity index is 506. The third-order valence-corrected chi connectivity index (χ3v) is 5.26. The quantitative estimate of drug-likeness (QED) is 0.929. The Labute approximate surface area is 132 Å². The zero-order valence-electron chi connectivity index (χ0n) is 13.4. The van der Waals surface area contributed by atoms with Gasteiger partial charge in [-0.05, 0) is 51.4 Å². The molecule has 1 N–H and O–H groups in total. The summed E-state index contributed by atoms with van der Waals surface area (Å²) < 4.78 is 2.19.